The Morgan fingerprint density at radius 1 is 1.64 bits per heavy atom. The van der Waals surface area contributed by atoms with E-state index >= 15 is 0 Å². The van der Waals surface area contributed by atoms with Crippen LogP contribution in [0.25, 0.3) is 0 Å². The summed E-state index contributed by atoms with van der Waals surface area (Å²) in [6.45, 7) is 1.78. The summed E-state index contributed by atoms with van der Waals surface area (Å²) < 4.78 is 1.56. The number of thioether (sulfide) groups is 1. The smallest absolute Gasteiger partial charge is 0.336 e. The van der Waals surface area contributed by atoms with E-state index in [0.717, 1.165) is 16.1 Å². The zero-order valence-electron chi connectivity index (χ0n) is 7.45. The topological polar surface area (TPSA) is 40.5 Å². The fraction of sp³-hybridized carbons (Fsp3) is 0.222. The van der Waals surface area contributed by atoms with Crippen molar-refractivity contribution in [1.82, 2.24) is 0 Å². The van der Waals surface area contributed by atoms with Gasteiger partial charge in [-0.25, -0.2) is 4.79 Å². The highest BCUT2D eigenvalue weighted by Crippen LogP contribution is 2.42. The monoisotopic (exact) mass is 229 g/mol. The summed E-state index contributed by atoms with van der Waals surface area (Å²) in [6.07, 6.45) is 0. The fourth-order valence-corrected chi connectivity index (χ4v) is 2.88. The SMILES string of the molecule is Cc1c(C(=O)O)ccc2c1N(Cl)CS2. The second kappa shape index (κ2) is 3.37. The first-order chi connectivity index (χ1) is 6.61. The molecule has 0 saturated carbocycles. The van der Waals surface area contributed by atoms with Crippen LogP contribution in [0.1, 0.15) is 15.9 Å². The molecule has 1 aromatic rings. The van der Waals surface area contributed by atoms with Crippen LogP contribution in [0.3, 0.4) is 0 Å². The summed E-state index contributed by atoms with van der Waals surface area (Å²) >= 11 is 7.56. The van der Waals surface area contributed by atoms with Crippen molar-refractivity contribution in [3.8, 4) is 0 Å². The van der Waals surface area contributed by atoms with Gasteiger partial charge < -0.3 is 5.11 Å². The van der Waals surface area contributed by atoms with Gasteiger partial charge in [-0.15, -0.1) is 11.8 Å². The zero-order chi connectivity index (χ0) is 10.3. The number of rotatable bonds is 1. The number of carboxylic acids is 1. The Morgan fingerprint density at radius 3 is 3.00 bits per heavy atom. The van der Waals surface area contributed by atoms with Gasteiger partial charge in [-0.1, -0.05) is 0 Å². The van der Waals surface area contributed by atoms with Crippen LogP contribution >= 0.6 is 23.5 Å². The van der Waals surface area contributed by atoms with E-state index < -0.39 is 5.97 Å². The lowest BCUT2D eigenvalue weighted by atomic mass is 10.1. The van der Waals surface area contributed by atoms with E-state index in [1.807, 2.05) is 0 Å². The molecule has 0 aliphatic carbocycles. The van der Waals surface area contributed by atoms with Crippen molar-refractivity contribution >= 4 is 35.2 Å². The number of carboxylic acid groups (broad SMARTS) is 1. The van der Waals surface area contributed by atoms with E-state index in [4.69, 9.17) is 16.9 Å². The lowest BCUT2D eigenvalue weighted by Gasteiger charge is -2.11. The molecule has 14 heavy (non-hydrogen) atoms. The Kier molecular flexibility index (Phi) is 2.33. The molecule has 0 saturated heterocycles. The highest BCUT2D eigenvalue weighted by molar-refractivity contribution is 8.00. The standard InChI is InChI=1S/C9H8ClNO2S/c1-5-6(9(12)13)2-3-7-8(5)11(10)4-14-7/h2-3H,4H2,1H3,(H,12,13). The van der Waals surface area contributed by atoms with Gasteiger partial charge in [-0.3, -0.25) is 4.42 Å². The molecule has 1 aromatic carbocycles. The van der Waals surface area contributed by atoms with Crippen LogP contribution in [0.5, 0.6) is 0 Å². The third kappa shape index (κ3) is 1.35. The summed E-state index contributed by atoms with van der Waals surface area (Å²) in [4.78, 5) is 11.9. The molecule has 1 aliphatic heterocycles. The Bertz CT molecular complexity index is 408. The Labute approximate surface area is 90.8 Å². The molecular formula is C9H8ClNO2S. The molecule has 0 unspecified atom stereocenters. The molecular weight excluding hydrogens is 222 g/mol. The summed E-state index contributed by atoms with van der Waals surface area (Å²) in [6, 6.07) is 3.43. The summed E-state index contributed by atoms with van der Waals surface area (Å²) in [5.41, 5.74) is 1.88. The molecule has 0 spiro atoms. The first kappa shape index (κ1) is 9.68. The van der Waals surface area contributed by atoms with Crippen molar-refractivity contribution in [3.63, 3.8) is 0 Å². The maximum Gasteiger partial charge on any atom is 0.336 e. The maximum atomic E-state index is 10.9. The van der Waals surface area contributed by atoms with Gasteiger partial charge in [-0.05, 0) is 24.6 Å². The average Bonchev–Trinajstić information content (AvgIpc) is 2.48. The van der Waals surface area contributed by atoms with E-state index in [1.165, 1.54) is 0 Å². The maximum absolute atomic E-state index is 10.9. The van der Waals surface area contributed by atoms with Crippen LogP contribution in [0.2, 0.25) is 0 Å². The van der Waals surface area contributed by atoms with Crippen molar-refractivity contribution < 1.29 is 9.90 Å². The van der Waals surface area contributed by atoms with E-state index in [1.54, 1.807) is 35.2 Å². The van der Waals surface area contributed by atoms with Crippen molar-refractivity contribution in [2.75, 3.05) is 10.3 Å². The van der Waals surface area contributed by atoms with Gasteiger partial charge in [0.2, 0.25) is 0 Å². The number of aromatic carboxylic acids is 1. The summed E-state index contributed by atoms with van der Waals surface area (Å²) in [7, 11) is 0. The molecule has 0 radical (unpaired) electrons. The predicted octanol–water partition coefficient (Wildman–Crippen LogP) is 2.72. The number of anilines is 1. The van der Waals surface area contributed by atoms with Crippen LogP contribution in [0.15, 0.2) is 17.0 Å². The van der Waals surface area contributed by atoms with Gasteiger partial charge in [0, 0.05) is 16.7 Å². The fourth-order valence-electron chi connectivity index (χ4n) is 1.52. The molecule has 0 fully saturated rings. The van der Waals surface area contributed by atoms with E-state index in [-0.39, 0.29) is 0 Å². The normalized spacial score (nSPS) is 14.3. The van der Waals surface area contributed by atoms with Crippen LogP contribution < -0.4 is 4.42 Å². The minimum Gasteiger partial charge on any atom is -0.478 e. The second-order valence-electron chi connectivity index (χ2n) is 3.03. The molecule has 0 atom stereocenters. The third-order valence-corrected chi connectivity index (χ3v) is 3.66. The molecule has 1 aliphatic rings. The Balaban J connectivity index is 2.61. The highest BCUT2D eigenvalue weighted by atomic mass is 35.5. The van der Waals surface area contributed by atoms with Crippen molar-refractivity contribution in [2.24, 2.45) is 0 Å². The number of hydrogen-bond donors (Lipinski definition) is 1. The van der Waals surface area contributed by atoms with Gasteiger partial charge in [0.05, 0.1) is 17.1 Å². The van der Waals surface area contributed by atoms with Gasteiger partial charge in [0.1, 0.15) is 0 Å². The molecule has 2 rings (SSSR count). The second-order valence-corrected chi connectivity index (χ2v) is 4.42. The number of hydrogen-bond acceptors (Lipinski definition) is 3. The van der Waals surface area contributed by atoms with Gasteiger partial charge in [0.15, 0.2) is 0 Å². The summed E-state index contributed by atoms with van der Waals surface area (Å²) in [5, 5.41) is 8.91. The lowest BCUT2D eigenvalue weighted by Crippen LogP contribution is -2.07. The Morgan fingerprint density at radius 2 is 2.36 bits per heavy atom. The van der Waals surface area contributed by atoms with Crippen molar-refractivity contribution in [2.45, 2.75) is 11.8 Å². The first-order valence-electron chi connectivity index (χ1n) is 4.04. The van der Waals surface area contributed by atoms with E-state index in [0.29, 0.717) is 11.4 Å². The minimum atomic E-state index is -0.910. The number of nitrogens with zero attached hydrogens (tertiary/aromatic N) is 1. The average molecular weight is 230 g/mol. The third-order valence-electron chi connectivity index (χ3n) is 2.20. The number of halogens is 1. The lowest BCUT2D eigenvalue weighted by molar-refractivity contribution is 0.0696. The minimum absolute atomic E-state index is 0.317. The molecule has 0 bridgehead atoms. The van der Waals surface area contributed by atoms with Crippen molar-refractivity contribution in [1.29, 1.82) is 0 Å². The number of carbonyl (C=O) groups is 1. The van der Waals surface area contributed by atoms with Crippen LogP contribution in [0, 0.1) is 6.92 Å². The molecule has 5 heteroatoms. The van der Waals surface area contributed by atoms with Gasteiger partial charge >= 0.3 is 5.97 Å². The van der Waals surface area contributed by atoms with Crippen LogP contribution in [0.4, 0.5) is 5.69 Å². The highest BCUT2D eigenvalue weighted by Gasteiger charge is 2.23. The quantitative estimate of drug-likeness (QED) is 0.752. The van der Waals surface area contributed by atoms with E-state index in [2.05, 4.69) is 0 Å². The molecule has 0 aromatic heterocycles. The van der Waals surface area contributed by atoms with E-state index in [9.17, 15) is 4.79 Å². The predicted molar refractivity (Wildman–Crippen MR) is 57.2 cm³/mol. The van der Waals surface area contributed by atoms with Crippen molar-refractivity contribution in [3.05, 3.63) is 23.3 Å². The van der Waals surface area contributed by atoms with Gasteiger partial charge in [-0.2, -0.15) is 0 Å². The molecule has 0 amide bonds. The largest absolute Gasteiger partial charge is 0.478 e. The first-order valence-corrected chi connectivity index (χ1v) is 5.36. The number of fused-ring (bicyclic) bond motifs is 1. The molecule has 3 nitrogen and oxygen atoms in total. The molecule has 1 heterocycles. The zero-order valence-corrected chi connectivity index (χ0v) is 9.02. The number of benzene rings is 1. The summed E-state index contributed by atoms with van der Waals surface area (Å²) in [5.74, 6) is -0.242. The van der Waals surface area contributed by atoms with Crippen LogP contribution in [-0.2, 0) is 0 Å². The van der Waals surface area contributed by atoms with Crippen LogP contribution in [-0.4, -0.2) is 17.0 Å². The molecule has 74 valence electrons. The molecule has 1 N–H and O–H groups in total. The van der Waals surface area contributed by atoms with Gasteiger partial charge in [0.25, 0.3) is 0 Å². The Hall–Kier alpha value is -0.870.